The van der Waals surface area contributed by atoms with Crippen molar-refractivity contribution in [2.24, 2.45) is 0 Å². The Morgan fingerprint density at radius 3 is 1.94 bits per heavy atom. The Labute approximate surface area is 118 Å². The summed E-state index contributed by atoms with van der Waals surface area (Å²) >= 11 is 3.62. The van der Waals surface area contributed by atoms with E-state index in [1.54, 1.807) is 0 Å². The van der Waals surface area contributed by atoms with Gasteiger partial charge in [0.05, 0.1) is 0 Å². The van der Waals surface area contributed by atoms with E-state index in [0.29, 0.717) is 12.2 Å². The lowest BCUT2D eigenvalue weighted by Gasteiger charge is -2.20. The summed E-state index contributed by atoms with van der Waals surface area (Å²) in [6.07, 6.45) is 4.73. The van der Waals surface area contributed by atoms with Crippen molar-refractivity contribution in [1.29, 1.82) is 0 Å². The second kappa shape index (κ2) is 5.56. The number of ketones is 1. The predicted octanol–water partition coefficient (Wildman–Crippen LogP) is 4.40. The van der Waals surface area contributed by atoms with Crippen molar-refractivity contribution in [3.8, 4) is 0 Å². The summed E-state index contributed by atoms with van der Waals surface area (Å²) in [7, 11) is 0. The monoisotopic (exact) mass is 308 g/mol. The molecule has 0 N–H and O–H groups in total. The van der Waals surface area contributed by atoms with Crippen LogP contribution in [0.25, 0.3) is 0 Å². The van der Waals surface area contributed by atoms with Gasteiger partial charge >= 0.3 is 0 Å². The fraction of sp³-hybridized carbons (Fsp3) is 0.562. The summed E-state index contributed by atoms with van der Waals surface area (Å²) in [4.78, 5) is 12.2. The van der Waals surface area contributed by atoms with Gasteiger partial charge in [-0.15, -0.1) is 0 Å². The molecular formula is C16H21BrO. The summed E-state index contributed by atoms with van der Waals surface area (Å²) in [6.45, 7) is 6.61. The molecule has 18 heavy (non-hydrogen) atoms. The number of rotatable bonds is 4. The van der Waals surface area contributed by atoms with Crippen LogP contribution >= 0.6 is 15.9 Å². The third-order valence-electron chi connectivity index (χ3n) is 4.14. The molecule has 1 aromatic rings. The molecule has 98 valence electrons. The molecule has 2 rings (SSSR count). The molecule has 0 spiro atoms. The summed E-state index contributed by atoms with van der Waals surface area (Å²) in [5.41, 5.74) is 8.05. The highest BCUT2D eigenvalue weighted by Crippen LogP contribution is 2.36. The topological polar surface area (TPSA) is 17.1 Å². The van der Waals surface area contributed by atoms with Gasteiger partial charge in [0.2, 0.25) is 0 Å². The SMILES string of the molecule is CCc1c(CC)c(CC)c2c(c1CBr)CCC2=O. The van der Waals surface area contributed by atoms with Crippen molar-refractivity contribution in [2.75, 3.05) is 0 Å². The lowest BCUT2D eigenvalue weighted by atomic mass is 9.85. The molecule has 0 atom stereocenters. The fourth-order valence-electron chi connectivity index (χ4n) is 3.41. The maximum absolute atomic E-state index is 12.2. The fourth-order valence-corrected chi connectivity index (χ4v) is 4.09. The first-order valence-corrected chi connectivity index (χ1v) is 8.09. The van der Waals surface area contributed by atoms with Crippen LogP contribution in [0, 0.1) is 0 Å². The van der Waals surface area contributed by atoms with Crippen molar-refractivity contribution in [2.45, 2.75) is 58.2 Å². The normalized spacial score (nSPS) is 14.1. The van der Waals surface area contributed by atoms with E-state index in [1.807, 2.05) is 0 Å². The Kier molecular flexibility index (Phi) is 4.26. The Hall–Kier alpha value is -0.630. The second-order valence-corrected chi connectivity index (χ2v) is 5.45. The highest BCUT2D eigenvalue weighted by atomic mass is 79.9. The molecule has 0 radical (unpaired) electrons. The van der Waals surface area contributed by atoms with E-state index in [0.717, 1.165) is 36.6 Å². The van der Waals surface area contributed by atoms with Gasteiger partial charge in [-0.3, -0.25) is 4.79 Å². The van der Waals surface area contributed by atoms with Crippen LogP contribution in [0.3, 0.4) is 0 Å². The molecule has 0 unspecified atom stereocenters. The lowest BCUT2D eigenvalue weighted by Crippen LogP contribution is -2.10. The Bertz CT molecular complexity index is 489. The van der Waals surface area contributed by atoms with Gasteiger partial charge in [-0.2, -0.15) is 0 Å². The first-order valence-electron chi connectivity index (χ1n) is 6.96. The molecule has 0 heterocycles. The van der Waals surface area contributed by atoms with E-state index >= 15 is 0 Å². The number of halogens is 1. The number of Topliss-reactive ketones (excluding diaryl/α,β-unsaturated/α-hetero) is 1. The van der Waals surface area contributed by atoms with Gasteiger partial charge in [-0.05, 0) is 53.5 Å². The zero-order chi connectivity index (χ0) is 13.3. The first kappa shape index (κ1) is 13.8. The number of fused-ring (bicyclic) bond motifs is 1. The van der Waals surface area contributed by atoms with E-state index in [4.69, 9.17) is 0 Å². The minimum absolute atomic E-state index is 0.362. The van der Waals surface area contributed by atoms with Gasteiger partial charge in [0.25, 0.3) is 0 Å². The lowest BCUT2D eigenvalue weighted by molar-refractivity contribution is 0.0993. The van der Waals surface area contributed by atoms with E-state index in [1.165, 1.54) is 27.8 Å². The molecule has 1 aromatic carbocycles. The number of benzene rings is 1. The third kappa shape index (κ3) is 1.95. The van der Waals surface area contributed by atoms with Crippen LogP contribution in [0.4, 0.5) is 0 Å². The van der Waals surface area contributed by atoms with Crippen LogP contribution in [0.1, 0.15) is 65.4 Å². The highest BCUT2D eigenvalue weighted by molar-refractivity contribution is 9.08. The summed E-state index contributed by atoms with van der Waals surface area (Å²) in [5, 5.41) is 0.878. The molecule has 0 saturated heterocycles. The standard InChI is InChI=1S/C16H21BrO/c1-4-10-11(5-2)14(9-17)13-7-8-15(18)16(13)12(10)6-3/h4-9H2,1-3H3. The van der Waals surface area contributed by atoms with E-state index in [2.05, 4.69) is 36.7 Å². The predicted molar refractivity (Wildman–Crippen MR) is 79.9 cm³/mol. The average Bonchev–Trinajstić information content (AvgIpc) is 2.77. The van der Waals surface area contributed by atoms with Gasteiger partial charge in [-0.25, -0.2) is 0 Å². The molecule has 0 bridgehead atoms. The Morgan fingerprint density at radius 2 is 1.44 bits per heavy atom. The zero-order valence-corrected chi connectivity index (χ0v) is 13.1. The zero-order valence-electron chi connectivity index (χ0n) is 11.5. The van der Waals surface area contributed by atoms with E-state index in [-0.39, 0.29) is 0 Å². The number of alkyl halides is 1. The van der Waals surface area contributed by atoms with Crippen molar-refractivity contribution in [1.82, 2.24) is 0 Å². The third-order valence-corrected chi connectivity index (χ3v) is 4.70. The van der Waals surface area contributed by atoms with Crippen LogP contribution in [0.5, 0.6) is 0 Å². The average molecular weight is 309 g/mol. The molecule has 0 aliphatic heterocycles. The van der Waals surface area contributed by atoms with Crippen LogP contribution in [-0.4, -0.2) is 5.78 Å². The summed E-state index contributed by atoms with van der Waals surface area (Å²) in [5.74, 6) is 0.362. The smallest absolute Gasteiger partial charge is 0.163 e. The molecular weight excluding hydrogens is 288 g/mol. The van der Waals surface area contributed by atoms with Gasteiger partial charge < -0.3 is 0 Å². The Morgan fingerprint density at radius 1 is 0.889 bits per heavy atom. The second-order valence-electron chi connectivity index (χ2n) is 4.89. The van der Waals surface area contributed by atoms with E-state index < -0.39 is 0 Å². The highest BCUT2D eigenvalue weighted by Gasteiger charge is 2.28. The quantitative estimate of drug-likeness (QED) is 0.754. The molecule has 1 aliphatic rings. The van der Waals surface area contributed by atoms with Gasteiger partial charge in [0.15, 0.2) is 5.78 Å². The van der Waals surface area contributed by atoms with Crippen LogP contribution in [0.15, 0.2) is 0 Å². The molecule has 1 nitrogen and oxygen atoms in total. The van der Waals surface area contributed by atoms with Crippen molar-refractivity contribution in [3.63, 3.8) is 0 Å². The number of hydrogen-bond donors (Lipinski definition) is 0. The summed E-state index contributed by atoms with van der Waals surface area (Å²) < 4.78 is 0. The van der Waals surface area contributed by atoms with Crippen molar-refractivity contribution >= 4 is 21.7 Å². The summed E-state index contributed by atoms with van der Waals surface area (Å²) in [6, 6.07) is 0. The van der Waals surface area contributed by atoms with Gasteiger partial charge in [0.1, 0.15) is 0 Å². The molecule has 0 fully saturated rings. The van der Waals surface area contributed by atoms with Crippen LogP contribution in [-0.2, 0) is 31.0 Å². The molecule has 1 aliphatic carbocycles. The molecule has 0 aromatic heterocycles. The van der Waals surface area contributed by atoms with E-state index in [9.17, 15) is 4.79 Å². The van der Waals surface area contributed by atoms with Crippen LogP contribution < -0.4 is 0 Å². The largest absolute Gasteiger partial charge is 0.294 e. The van der Waals surface area contributed by atoms with Gasteiger partial charge in [0, 0.05) is 17.3 Å². The maximum Gasteiger partial charge on any atom is 0.163 e. The first-order chi connectivity index (χ1) is 8.69. The van der Waals surface area contributed by atoms with Crippen molar-refractivity contribution < 1.29 is 4.79 Å². The molecule has 2 heteroatoms. The number of carbonyl (C=O) groups excluding carboxylic acids is 1. The maximum atomic E-state index is 12.2. The number of carbonyl (C=O) groups is 1. The Balaban J connectivity index is 2.82. The van der Waals surface area contributed by atoms with Crippen LogP contribution in [0.2, 0.25) is 0 Å². The van der Waals surface area contributed by atoms with Crippen molar-refractivity contribution in [3.05, 3.63) is 33.4 Å². The minimum Gasteiger partial charge on any atom is -0.294 e. The molecule has 0 saturated carbocycles. The number of hydrogen-bond acceptors (Lipinski definition) is 1. The van der Waals surface area contributed by atoms with Gasteiger partial charge in [-0.1, -0.05) is 36.7 Å². The molecule has 0 amide bonds. The minimum atomic E-state index is 0.362.